The van der Waals surface area contributed by atoms with Crippen LogP contribution in [0.1, 0.15) is 32.6 Å². The van der Waals surface area contributed by atoms with Crippen molar-refractivity contribution in [1.29, 1.82) is 0 Å². The van der Waals surface area contributed by atoms with Crippen LogP contribution in [0.4, 0.5) is 5.95 Å². The number of aryl methyl sites for hydroxylation is 1. The third-order valence-corrected chi connectivity index (χ3v) is 2.13. The third kappa shape index (κ3) is 4.77. The number of esters is 1. The molecule has 1 aromatic heterocycles. The van der Waals surface area contributed by atoms with Gasteiger partial charge in [0.1, 0.15) is 6.33 Å². The van der Waals surface area contributed by atoms with Crippen molar-refractivity contribution < 1.29 is 9.53 Å². The Bertz CT molecular complexity index is 324. The van der Waals surface area contributed by atoms with Gasteiger partial charge in [-0.25, -0.2) is 4.98 Å². The van der Waals surface area contributed by atoms with E-state index < -0.39 is 0 Å². The maximum Gasteiger partial charge on any atom is 0.305 e. The van der Waals surface area contributed by atoms with Gasteiger partial charge >= 0.3 is 5.97 Å². The van der Waals surface area contributed by atoms with Crippen molar-refractivity contribution in [3.8, 4) is 0 Å². The Morgan fingerprint density at radius 2 is 2.31 bits per heavy atom. The van der Waals surface area contributed by atoms with Crippen LogP contribution in [0.15, 0.2) is 6.33 Å². The molecule has 2 N–H and O–H groups in total. The molecule has 16 heavy (non-hydrogen) atoms. The quantitative estimate of drug-likeness (QED) is 0.553. The largest absolute Gasteiger partial charge is 0.466 e. The predicted molar refractivity (Wildman–Crippen MR) is 59.5 cm³/mol. The number of rotatable bonds is 7. The van der Waals surface area contributed by atoms with Crippen molar-refractivity contribution >= 4 is 11.9 Å². The summed E-state index contributed by atoms with van der Waals surface area (Å²) in [5.74, 6) is 0.180. The summed E-state index contributed by atoms with van der Waals surface area (Å²) in [6, 6.07) is 0. The lowest BCUT2D eigenvalue weighted by Crippen LogP contribution is -2.04. The lowest BCUT2D eigenvalue weighted by atomic mass is 10.2. The first-order chi connectivity index (χ1) is 7.72. The van der Waals surface area contributed by atoms with Crippen molar-refractivity contribution in [1.82, 2.24) is 14.8 Å². The van der Waals surface area contributed by atoms with Crippen molar-refractivity contribution in [2.24, 2.45) is 0 Å². The fourth-order valence-electron chi connectivity index (χ4n) is 1.37. The Morgan fingerprint density at radius 1 is 1.50 bits per heavy atom. The number of hydrogen-bond acceptors (Lipinski definition) is 5. The fourth-order valence-corrected chi connectivity index (χ4v) is 1.37. The summed E-state index contributed by atoms with van der Waals surface area (Å²) in [4.78, 5) is 14.8. The molecule has 0 aliphatic heterocycles. The summed E-state index contributed by atoms with van der Waals surface area (Å²) in [5, 5.41) is 3.96. The zero-order valence-electron chi connectivity index (χ0n) is 9.56. The van der Waals surface area contributed by atoms with E-state index in [4.69, 9.17) is 10.5 Å². The van der Waals surface area contributed by atoms with Crippen molar-refractivity contribution in [2.75, 3.05) is 12.3 Å². The standard InChI is InChI=1S/C10H18N4O2/c1-2-16-9(15)6-4-3-5-7-14-8-12-10(11)13-14/h8H,2-7H2,1H3,(H2,11,13). The first kappa shape index (κ1) is 12.5. The lowest BCUT2D eigenvalue weighted by Gasteiger charge is -2.02. The number of nitrogen functional groups attached to an aromatic ring is 1. The van der Waals surface area contributed by atoms with E-state index in [1.807, 2.05) is 6.92 Å². The molecule has 1 aromatic rings. The molecule has 90 valence electrons. The van der Waals surface area contributed by atoms with E-state index in [9.17, 15) is 4.79 Å². The summed E-state index contributed by atoms with van der Waals surface area (Å²) in [6.45, 7) is 3.05. The summed E-state index contributed by atoms with van der Waals surface area (Å²) >= 11 is 0. The minimum atomic E-state index is -0.118. The zero-order chi connectivity index (χ0) is 11.8. The summed E-state index contributed by atoms with van der Waals surface area (Å²) in [6.07, 6.45) is 4.89. The van der Waals surface area contributed by atoms with Gasteiger partial charge in [0.05, 0.1) is 6.61 Å². The van der Waals surface area contributed by atoms with Gasteiger partial charge in [-0.3, -0.25) is 9.48 Å². The van der Waals surface area contributed by atoms with Crippen molar-refractivity contribution in [3.05, 3.63) is 6.33 Å². The molecule has 6 nitrogen and oxygen atoms in total. The highest BCUT2D eigenvalue weighted by Crippen LogP contribution is 2.03. The van der Waals surface area contributed by atoms with Gasteiger partial charge in [-0.1, -0.05) is 6.42 Å². The van der Waals surface area contributed by atoms with Gasteiger partial charge in [0.2, 0.25) is 5.95 Å². The van der Waals surface area contributed by atoms with E-state index in [1.165, 1.54) is 0 Å². The molecule has 0 radical (unpaired) electrons. The number of anilines is 1. The van der Waals surface area contributed by atoms with Gasteiger partial charge in [-0.15, -0.1) is 5.10 Å². The van der Waals surface area contributed by atoms with Crippen LogP contribution in [0.2, 0.25) is 0 Å². The number of carbonyl (C=O) groups excluding carboxylic acids is 1. The van der Waals surface area contributed by atoms with Gasteiger partial charge in [-0.2, -0.15) is 0 Å². The number of hydrogen-bond donors (Lipinski definition) is 1. The molecule has 0 saturated carbocycles. The van der Waals surface area contributed by atoms with E-state index in [-0.39, 0.29) is 5.97 Å². The highest BCUT2D eigenvalue weighted by Gasteiger charge is 2.01. The molecule has 1 heterocycles. The average Bonchev–Trinajstić information content (AvgIpc) is 2.64. The Balaban J connectivity index is 2.02. The molecule has 0 amide bonds. The first-order valence-corrected chi connectivity index (χ1v) is 5.53. The van der Waals surface area contributed by atoms with E-state index >= 15 is 0 Å². The number of nitrogens with two attached hydrogens (primary N) is 1. The molecule has 0 aliphatic carbocycles. The fraction of sp³-hybridized carbons (Fsp3) is 0.700. The van der Waals surface area contributed by atoms with Crippen LogP contribution < -0.4 is 5.73 Å². The topological polar surface area (TPSA) is 83.0 Å². The molecule has 0 bridgehead atoms. The highest BCUT2D eigenvalue weighted by atomic mass is 16.5. The number of unbranched alkanes of at least 4 members (excludes halogenated alkanes) is 2. The van der Waals surface area contributed by atoms with Crippen LogP contribution in [0.25, 0.3) is 0 Å². The monoisotopic (exact) mass is 226 g/mol. The molecule has 0 unspecified atom stereocenters. The molecule has 0 atom stereocenters. The Morgan fingerprint density at radius 3 is 2.94 bits per heavy atom. The van der Waals surface area contributed by atoms with Crippen LogP contribution in [-0.4, -0.2) is 27.3 Å². The normalized spacial score (nSPS) is 10.3. The number of ether oxygens (including phenoxy) is 1. The van der Waals surface area contributed by atoms with Crippen LogP contribution in [-0.2, 0) is 16.1 Å². The van der Waals surface area contributed by atoms with Crippen LogP contribution in [0, 0.1) is 0 Å². The summed E-state index contributed by atoms with van der Waals surface area (Å²) in [7, 11) is 0. The van der Waals surface area contributed by atoms with E-state index in [2.05, 4.69) is 10.1 Å². The number of carbonyl (C=O) groups is 1. The molecule has 0 aromatic carbocycles. The molecular weight excluding hydrogens is 208 g/mol. The maximum atomic E-state index is 11.0. The molecule has 0 spiro atoms. The minimum absolute atomic E-state index is 0.118. The lowest BCUT2D eigenvalue weighted by molar-refractivity contribution is -0.143. The first-order valence-electron chi connectivity index (χ1n) is 5.53. The van der Waals surface area contributed by atoms with Gasteiger partial charge in [0, 0.05) is 13.0 Å². The Kier molecular flexibility index (Phi) is 5.31. The SMILES string of the molecule is CCOC(=O)CCCCCn1cnc(N)n1. The van der Waals surface area contributed by atoms with Crippen LogP contribution in [0.3, 0.4) is 0 Å². The van der Waals surface area contributed by atoms with Gasteiger partial charge in [0.15, 0.2) is 0 Å². The van der Waals surface area contributed by atoms with E-state index in [0.717, 1.165) is 25.8 Å². The second-order valence-electron chi connectivity index (χ2n) is 3.48. The van der Waals surface area contributed by atoms with Crippen molar-refractivity contribution in [2.45, 2.75) is 39.2 Å². The minimum Gasteiger partial charge on any atom is -0.466 e. The van der Waals surface area contributed by atoms with Crippen LogP contribution in [0.5, 0.6) is 0 Å². The summed E-state index contributed by atoms with van der Waals surface area (Å²) in [5.41, 5.74) is 5.38. The smallest absolute Gasteiger partial charge is 0.305 e. The highest BCUT2D eigenvalue weighted by molar-refractivity contribution is 5.69. The number of aromatic nitrogens is 3. The zero-order valence-corrected chi connectivity index (χ0v) is 9.56. The third-order valence-electron chi connectivity index (χ3n) is 2.13. The Hall–Kier alpha value is -1.59. The molecule has 6 heteroatoms. The van der Waals surface area contributed by atoms with Crippen LogP contribution >= 0.6 is 0 Å². The maximum absolute atomic E-state index is 11.0. The average molecular weight is 226 g/mol. The van der Waals surface area contributed by atoms with E-state index in [1.54, 1.807) is 11.0 Å². The molecular formula is C10H18N4O2. The van der Waals surface area contributed by atoms with Gasteiger partial charge in [-0.05, 0) is 19.8 Å². The van der Waals surface area contributed by atoms with E-state index in [0.29, 0.717) is 19.0 Å². The second kappa shape index (κ2) is 6.81. The predicted octanol–water partition coefficient (Wildman–Crippen LogP) is 0.984. The van der Waals surface area contributed by atoms with Gasteiger partial charge < -0.3 is 10.5 Å². The summed E-state index contributed by atoms with van der Waals surface area (Å²) < 4.78 is 6.54. The van der Waals surface area contributed by atoms with Crippen molar-refractivity contribution in [3.63, 3.8) is 0 Å². The number of nitrogens with zero attached hydrogens (tertiary/aromatic N) is 3. The molecule has 0 aliphatic rings. The van der Waals surface area contributed by atoms with Gasteiger partial charge in [0.25, 0.3) is 0 Å². The molecule has 0 saturated heterocycles. The molecule has 1 rings (SSSR count). The Labute approximate surface area is 94.8 Å². The molecule has 0 fully saturated rings. The second-order valence-corrected chi connectivity index (χ2v) is 3.48.